The molecule has 0 spiro atoms. The number of anilines is 1. The molecular weight excluding hydrogens is 372 g/mol. The predicted molar refractivity (Wildman–Crippen MR) is 84.0 cm³/mol. The molecule has 2 N–H and O–H groups in total. The molecule has 0 atom stereocenters. The summed E-state index contributed by atoms with van der Waals surface area (Å²) in [5.41, 5.74) is 9.96. The molecule has 0 aliphatic heterocycles. The molecule has 0 saturated heterocycles. The largest absolute Gasteiger partial charge is 0.434 e. The van der Waals surface area contributed by atoms with Gasteiger partial charge < -0.3 is 10.2 Å². The van der Waals surface area contributed by atoms with Gasteiger partial charge in [0.05, 0.1) is 5.69 Å². The van der Waals surface area contributed by atoms with Gasteiger partial charge in [-0.25, -0.2) is 4.98 Å². The molecule has 96 valence electrons. The molecule has 0 radical (unpaired) electrons. The van der Waals surface area contributed by atoms with E-state index >= 15 is 0 Å². The van der Waals surface area contributed by atoms with Gasteiger partial charge in [-0.15, -0.1) is 0 Å². The number of nitrogens with two attached hydrogens (primary N) is 1. The van der Waals surface area contributed by atoms with Crippen molar-refractivity contribution in [1.82, 2.24) is 4.98 Å². The molecule has 1 heterocycles. The second-order valence-electron chi connectivity index (χ2n) is 4.32. The van der Waals surface area contributed by atoms with Gasteiger partial charge in [0.1, 0.15) is 5.52 Å². The second kappa shape index (κ2) is 4.65. The summed E-state index contributed by atoms with van der Waals surface area (Å²) in [6, 6.07) is 9.69. The van der Waals surface area contributed by atoms with Gasteiger partial charge in [0.2, 0.25) is 5.89 Å². The Morgan fingerprint density at radius 3 is 2.63 bits per heavy atom. The lowest BCUT2D eigenvalue weighted by Gasteiger charge is -2.01. The van der Waals surface area contributed by atoms with Gasteiger partial charge in [-0.05, 0) is 42.8 Å². The van der Waals surface area contributed by atoms with Gasteiger partial charge in [0.15, 0.2) is 5.58 Å². The van der Waals surface area contributed by atoms with E-state index in [1.165, 1.54) is 0 Å². The Kier molecular flexibility index (Phi) is 3.11. The number of oxazole rings is 1. The average molecular weight is 382 g/mol. The molecule has 0 bridgehead atoms. The van der Waals surface area contributed by atoms with Crippen molar-refractivity contribution in [2.45, 2.75) is 6.92 Å². The van der Waals surface area contributed by atoms with Crippen LogP contribution in [0.25, 0.3) is 22.6 Å². The Morgan fingerprint density at radius 1 is 1.11 bits per heavy atom. The van der Waals surface area contributed by atoms with Crippen molar-refractivity contribution >= 4 is 48.6 Å². The number of nitrogen functional groups attached to an aromatic ring is 1. The number of hydrogen-bond donors (Lipinski definition) is 1. The van der Waals surface area contributed by atoms with E-state index in [4.69, 9.17) is 10.2 Å². The Labute approximate surface area is 127 Å². The van der Waals surface area contributed by atoms with Gasteiger partial charge in [-0.3, -0.25) is 0 Å². The molecule has 0 fully saturated rings. The fraction of sp³-hybridized carbons (Fsp3) is 0.0714. The first kappa shape index (κ1) is 12.7. The molecule has 19 heavy (non-hydrogen) atoms. The van der Waals surface area contributed by atoms with E-state index in [2.05, 4.69) is 36.8 Å². The lowest BCUT2D eigenvalue weighted by Crippen LogP contribution is -1.84. The van der Waals surface area contributed by atoms with Crippen LogP contribution in [0.2, 0.25) is 0 Å². The summed E-state index contributed by atoms with van der Waals surface area (Å²) in [6.45, 7) is 2.02. The minimum Gasteiger partial charge on any atom is -0.434 e. The molecule has 0 aliphatic carbocycles. The van der Waals surface area contributed by atoms with Gasteiger partial charge in [-0.1, -0.05) is 31.9 Å². The number of aromatic nitrogens is 1. The zero-order valence-corrected chi connectivity index (χ0v) is 13.2. The standard InChI is InChI=1S/C14H10Br2N2O/c1-7-4-8(15)2-3-10(7)14-18-12-6-9(16)5-11(17)13(12)19-14/h2-6H,17H2,1H3. The van der Waals surface area contributed by atoms with E-state index < -0.39 is 0 Å². The summed E-state index contributed by atoms with van der Waals surface area (Å²) in [7, 11) is 0. The van der Waals surface area contributed by atoms with Crippen LogP contribution in [-0.4, -0.2) is 4.98 Å². The van der Waals surface area contributed by atoms with Crippen LogP contribution in [0.3, 0.4) is 0 Å². The van der Waals surface area contributed by atoms with Crippen LogP contribution in [0, 0.1) is 6.92 Å². The molecule has 3 nitrogen and oxygen atoms in total. The number of hydrogen-bond acceptors (Lipinski definition) is 3. The average Bonchev–Trinajstić information content (AvgIpc) is 2.72. The van der Waals surface area contributed by atoms with Crippen LogP contribution in [0.15, 0.2) is 43.7 Å². The summed E-state index contributed by atoms with van der Waals surface area (Å²) >= 11 is 6.85. The zero-order chi connectivity index (χ0) is 13.6. The molecule has 3 aromatic rings. The molecular formula is C14H10Br2N2O. The number of benzene rings is 2. The van der Waals surface area contributed by atoms with Gasteiger partial charge in [0.25, 0.3) is 0 Å². The summed E-state index contributed by atoms with van der Waals surface area (Å²) in [5.74, 6) is 0.588. The smallest absolute Gasteiger partial charge is 0.227 e. The highest BCUT2D eigenvalue weighted by Crippen LogP contribution is 2.32. The first-order chi connectivity index (χ1) is 9.04. The van der Waals surface area contributed by atoms with Crippen molar-refractivity contribution in [2.24, 2.45) is 0 Å². The van der Waals surface area contributed by atoms with Crippen LogP contribution < -0.4 is 5.73 Å². The first-order valence-corrected chi connectivity index (χ1v) is 7.25. The monoisotopic (exact) mass is 380 g/mol. The lowest BCUT2D eigenvalue weighted by molar-refractivity contribution is 0.620. The fourth-order valence-electron chi connectivity index (χ4n) is 2.01. The van der Waals surface area contributed by atoms with Crippen LogP contribution >= 0.6 is 31.9 Å². The molecule has 5 heteroatoms. The van der Waals surface area contributed by atoms with Gasteiger partial charge >= 0.3 is 0 Å². The number of aryl methyl sites for hydroxylation is 1. The van der Waals surface area contributed by atoms with Crippen molar-refractivity contribution in [3.8, 4) is 11.5 Å². The maximum atomic E-state index is 5.94. The Morgan fingerprint density at radius 2 is 1.89 bits per heavy atom. The van der Waals surface area contributed by atoms with Crippen LogP contribution in [-0.2, 0) is 0 Å². The SMILES string of the molecule is Cc1cc(Br)ccc1-c1nc2cc(Br)cc(N)c2o1. The third-order valence-electron chi connectivity index (χ3n) is 2.90. The van der Waals surface area contributed by atoms with E-state index in [0.717, 1.165) is 25.6 Å². The first-order valence-electron chi connectivity index (χ1n) is 5.66. The van der Waals surface area contributed by atoms with E-state index in [-0.39, 0.29) is 0 Å². The van der Waals surface area contributed by atoms with Crippen molar-refractivity contribution < 1.29 is 4.42 Å². The van der Waals surface area contributed by atoms with Gasteiger partial charge in [0, 0.05) is 14.5 Å². The summed E-state index contributed by atoms with van der Waals surface area (Å²) in [4.78, 5) is 4.50. The highest BCUT2D eigenvalue weighted by molar-refractivity contribution is 9.10. The highest BCUT2D eigenvalue weighted by atomic mass is 79.9. The summed E-state index contributed by atoms with van der Waals surface area (Å²) < 4.78 is 7.72. The maximum absolute atomic E-state index is 5.94. The molecule has 0 unspecified atom stereocenters. The van der Waals surface area contributed by atoms with Crippen LogP contribution in [0.1, 0.15) is 5.56 Å². The van der Waals surface area contributed by atoms with Gasteiger partial charge in [-0.2, -0.15) is 0 Å². The Balaban J connectivity index is 2.23. The van der Waals surface area contributed by atoms with E-state index in [0.29, 0.717) is 17.2 Å². The van der Waals surface area contributed by atoms with E-state index in [1.54, 1.807) is 0 Å². The minimum atomic E-state index is 0.581. The van der Waals surface area contributed by atoms with E-state index in [9.17, 15) is 0 Å². The van der Waals surface area contributed by atoms with Crippen molar-refractivity contribution in [2.75, 3.05) is 5.73 Å². The molecule has 3 rings (SSSR count). The second-order valence-corrected chi connectivity index (χ2v) is 6.15. The number of nitrogens with zero attached hydrogens (tertiary/aromatic N) is 1. The lowest BCUT2D eigenvalue weighted by atomic mass is 10.1. The van der Waals surface area contributed by atoms with Crippen LogP contribution in [0.4, 0.5) is 5.69 Å². The van der Waals surface area contributed by atoms with Crippen LogP contribution in [0.5, 0.6) is 0 Å². The third-order valence-corrected chi connectivity index (χ3v) is 3.85. The normalized spacial score (nSPS) is 11.1. The predicted octanol–water partition coefficient (Wildman–Crippen LogP) is 4.91. The number of fused-ring (bicyclic) bond motifs is 1. The molecule has 0 aliphatic rings. The fourth-order valence-corrected chi connectivity index (χ4v) is 2.94. The molecule has 0 saturated carbocycles. The minimum absolute atomic E-state index is 0.581. The van der Waals surface area contributed by atoms with Crippen molar-refractivity contribution in [1.29, 1.82) is 0 Å². The van der Waals surface area contributed by atoms with Crippen molar-refractivity contribution in [3.63, 3.8) is 0 Å². The Bertz CT molecular complexity index is 780. The topological polar surface area (TPSA) is 52.0 Å². The molecule has 2 aromatic carbocycles. The summed E-state index contributed by atoms with van der Waals surface area (Å²) in [6.07, 6.45) is 0. The quantitative estimate of drug-likeness (QED) is 0.609. The Hall–Kier alpha value is -1.33. The zero-order valence-electron chi connectivity index (χ0n) is 10.1. The number of rotatable bonds is 1. The van der Waals surface area contributed by atoms with E-state index in [1.807, 2.05) is 37.3 Å². The molecule has 0 amide bonds. The number of halogens is 2. The van der Waals surface area contributed by atoms with Crippen molar-refractivity contribution in [3.05, 3.63) is 44.8 Å². The highest BCUT2D eigenvalue weighted by Gasteiger charge is 2.13. The maximum Gasteiger partial charge on any atom is 0.227 e. The summed E-state index contributed by atoms with van der Waals surface area (Å²) in [5, 5.41) is 0. The third kappa shape index (κ3) is 2.28. The molecule has 1 aromatic heterocycles.